The normalized spacial score (nSPS) is 26.6. The second kappa shape index (κ2) is 4.92. The quantitative estimate of drug-likeness (QED) is 0.871. The van der Waals surface area contributed by atoms with Gasteiger partial charge in [-0.05, 0) is 29.9 Å². The molecule has 0 radical (unpaired) electrons. The predicted octanol–water partition coefficient (Wildman–Crippen LogP) is 2.54. The molecule has 1 fully saturated rings. The van der Waals surface area contributed by atoms with E-state index in [0.29, 0.717) is 11.5 Å². The van der Waals surface area contributed by atoms with E-state index < -0.39 is 11.9 Å². The van der Waals surface area contributed by atoms with Crippen molar-refractivity contribution in [1.29, 1.82) is 0 Å². The van der Waals surface area contributed by atoms with Gasteiger partial charge >= 0.3 is 0 Å². The van der Waals surface area contributed by atoms with Crippen LogP contribution in [0.15, 0.2) is 18.2 Å². The van der Waals surface area contributed by atoms with Gasteiger partial charge in [0.15, 0.2) is 0 Å². The minimum Gasteiger partial charge on any atom is -0.392 e. The highest BCUT2D eigenvalue weighted by molar-refractivity contribution is 6.30. The first-order chi connectivity index (χ1) is 8.06. The highest BCUT2D eigenvalue weighted by atomic mass is 35.5. The number of nitrogens with two attached hydrogens (primary N) is 1. The number of rotatable bonds is 4. The lowest BCUT2D eigenvalue weighted by Crippen LogP contribution is -2.28. The average molecular weight is 258 g/mol. The minimum atomic E-state index is -0.581. The van der Waals surface area contributed by atoms with Crippen molar-refractivity contribution in [1.82, 2.24) is 0 Å². The van der Waals surface area contributed by atoms with Crippen LogP contribution in [0.25, 0.3) is 0 Å². The van der Waals surface area contributed by atoms with E-state index in [1.54, 1.807) is 12.1 Å². The largest absolute Gasteiger partial charge is 0.392 e. The summed E-state index contributed by atoms with van der Waals surface area (Å²) in [6, 6.07) is 4.83. The molecule has 4 atom stereocenters. The van der Waals surface area contributed by atoms with E-state index in [-0.39, 0.29) is 23.4 Å². The molecule has 0 saturated heterocycles. The van der Waals surface area contributed by atoms with E-state index in [1.807, 2.05) is 0 Å². The first-order valence-electron chi connectivity index (χ1n) is 5.88. The van der Waals surface area contributed by atoms with E-state index in [4.69, 9.17) is 17.3 Å². The topological polar surface area (TPSA) is 46.2 Å². The first-order valence-corrected chi connectivity index (χ1v) is 6.26. The molecule has 0 spiro atoms. The maximum absolute atomic E-state index is 13.9. The Balaban J connectivity index is 2.25. The summed E-state index contributed by atoms with van der Waals surface area (Å²) in [6.07, 6.45) is 0.405. The Morgan fingerprint density at radius 3 is 2.76 bits per heavy atom. The monoisotopic (exact) mass is 257 g/mol. The van der Waals surface area contributed by atoms with E-state index in [2.05, 4.69) is 6.92 Å². The van der Waals surface area contributed by atoms with Gasteiger partial charge < -0.3 is 10.8 Å². The fourth-order valence-electron chi connectivity index (χ4n) is 2.38. The summed E-state index contributed by atoms with van der Waals surface area (Å²) < 4.78 is 13.9. The molecule has 0 aromatic heterocycles. The summed E-state index contributed by atoms with van der Waals surface area (Å²) in [4.78, 5) is 0. The standard InChI is InChI=1S/C13H17ClFNO/c1-7-5-9(7)13(17)10(6-16)8-3-2-4-11(14)12(8)15/h2-4,7,9-10,13,17H,5-6,16H2,1H3. The van der Waals surface area contributed by atoms with Crippen LogP contribution < -0.4 is 5.73 Å². The molecule has 3 N–H and O–H groups in total. The Labute approximate surface area is 106 Å². The Morgan fingerprint density at radius 1 is 1.59 bits per heavy atom. The molecule has 2 nitrogen and oxygen atoms in total. The molecule has 1 saturated carbocycles. The van der Waals surface area contributed by atoms with Crippen LogP contribution in [0.1, 0.15) is 24.8 Å². The summed E-state index contributed by atoms with van der Waals surface area (Å²) in [7, 11) is 0. The molecule has 4 unspecified atom stereocenters. The molecule has 1 aliphatic carbocycles. The summed E-state index contributed by atoms with van der Waals surface area (Å²) in [6.45, 7) is 2.30. The molecule has 1 aliphatic rings. The van der Waals surface area contributed by atoms with Crippen LogP contribution >= 0.6 is 11.6 Å². The molecule has 94 valence electrons. The predicted molar refractivity (Wildman–Crippen MR) is 66.5 cm³/mol. The van der Waals surface area contributed by atoms with E-state index >= 15 is 0 Å². The second-order valence-corrected chi connectivity index (χ2v) is 5.26. The third-order valence-electron chi connectivity index (χ3n) is 3.66. The van der Waals surface area contributed by atoms with Gasteiger partial charge in [-0.15, -0.1) is 0 Å². The lowest BCUT2D eigenvalue weighted by Gasteiger charge is -2.22. The molecule has 1 aromatic rings. The van der Waals surface area contributed by atoms with E-state index in [9.17, 15) is 9.50 Å². The van der Waals surface area contributed by atoms with Gasteiger partial charge in [-0.25, -0.2) is 4.39 Å². The summed E-state index contributed by atoms with van der Waals surface area (Å²) in [5.41, 5.74) is 6.09. The van der Waals surface area contributed by atoms with Crippen LogP contribution in [0.2, 0.25) is 5.02 Å². The van der Waals surface area contributed by atoms with Crippen molar-refractivity contribution in [3.8, 4) is 0 Å². The molecule has 0 aliphatic heterocycles. The Bertz CT molecular complexity index is 412. The SMILES string of the molecule is CC1CC1C(O)C(CN)c1cccc(Cl)c1F. The van der Waals surface area contributed by atoms with Crippen molar-refractivity contribution in [2.75, 3.05) is 6.54 Å². The summed E-state index contributed by atoms with van der Waals surface area (Å²) >= 11 is 5.75. The van der Waals surface area contributed by atoms with Gasteiger partial charge in [0, 0.05) is 12.5 Å². The number of halogens is 2. The van der Waals surface area contributed by atoms with Gasteiger partial charge in [0.1, 0.15) is 5.82 Å². The molecule has 0 heterocycles. The second-order valence-electron chi connectivity index (χ2n) is 4.85. The van der Waals surface area contributed by atoms with Crippen LogP contribution in [0.5, 0.6) is 0 Å². The van der Waals surface area contributed by atoms with Crippen LogP contribution in [0, 0.1) is 17.7 Å². The zero-order valence-electron chi connectivity index (χ0n) is 9.74. The van der Waals surface area contributed by atoms with Gasteiger partial charge in [0.05, 0.1) is 11.1 Å². The van der Waals surface area contributed by atoms with E-state index in [0.717, 1.165) is 6.42 Å². The number of hydrogen-bond acceptors (Lipinski definition) is 2. The van der Waals surface area contributed by atoms with Crippen molar-refractivity contribution < 1.29 is 9.50 Å². The molecule has 17 heavy (non-hydrogen) atoms. The number of aliphatic hydroxyl groups excluding tert-OH is 1. The van der Waals surface area contributed by atoms with Crippen molar-refractivity contribution in [3.05, 3.63) is 34.6 Å². The van der Waals surface area contributed by atoms with Crippen molar-refractivity contribution >= 4 is 11.6 Å². The fraction of sp³-hybridized carbons (Fsp3) is 0.538. The maximum Gasteiger partial charge on any atom is 0.145 e. The average Bonchev–Trinajstić information content (AvgIpc) is 3.02. The van der Waals surface area contributed by atoms with Gasteiger partial charge in [-0.3, -0.25) is 0 Å². The number of aliphatic hydroxyl groups is 1. The van der Waals surface area contributed by atoms with Gasteiger partial charge in [-0.1, -0.05) is 30.7 Å². The highest BCUT2D eigenvalue weighted by Gasteiger charge is 2.42. The zero-order chi connectivity index (χ0) is 12.6. The van der Waals surface area contributed by atoms with Gasteiger partial charge in [-0.2, -0.15) is 0 Å². The lowest BCUT2D eigenvalue weighted by molar-refractivity contribution is 0.116. The molecular formula is C13H17ClFNO. The molecule has 2 rings (SSSR count). The van der Waals surface area contributed by atoms with Gasteiger partial charge in [0.2, 0.25) is 0 Å². The minimum absolute atomic E-state index is 0.0806. The van der Waals surface area contributed by atoms with Gasteiger partial charge in [0.25, 0.3) is 0 Å². The first kappa shape index (κ1) is 12.8. The van der Waals surface area contributed by atoms with Crippen LogP contribution in [0.4, 0.5) is 4.39 Å². The van der Waals surface area contributed by atoms with Crippen molar-refractivity contribution in [2.45, 2.75) is 25.4 Å². The Kier molecular flexibility index (Phi) is 3.71. The van der Waals surface area contributed by atoms with Crippen molar-refractivity contribution in [3.63, 3.8) is 0 Å². The molecule has 4 heteroatoms. The van der Waals surface area contributed by atoms with Crippen molar-refractivity contribution in [2.24, 2.45) is 17.6 Å². The van der Waals surface area contributed by atoms with Crippen LogP contribution in [-0.4, -0.2) is 17.8 Å². The highest BCUT2D eigenvalue weighted by Crippen LogP contribution is 2.45. The molecular weight excluding hydrogens is 241 g/mol. The van der Waals surface area contributed by atoms with E-state index in [1.165, 1.54) is 6.07 Å². The maximum atomic E-state index is 13.9. The smallest absolute Gasteiger partial charge is 0.145 e. The summed E-state index contributed by atoms with van der Waals surface area (Å²) in [5, 5.41) is 10.3. The zero-order valence-corrected chi connectivity index (χ0v) is 10.5. The molecule has 0 bridgehead atoms. The lowest BCUT2D eigenvalue weighted by atomic mass is 9.90. The van der Waals surface area contributed by atoms with Crippen LogP contribution in [0.3, 0.4) is 0 Å². The summed E-state index contributed by atoms with van der Waals surface area (Å²) in [5.74, 6) is -0.0937. The Hall–Kier alpha value is -0.640. The fourth-order valence-corrected chi connectivity index (χ4v) is 2.56. The third kappa shape index (κ3) is 2.46. The molecule has 1 aromatic carbocycles. The molecule has 0 amide bonds. The Morgan fingerprint density at radius 2 is 2.24 bits per heavy atom. The van der Waals surface area contributed by atoms with Crippen LogP contribution in [-0.2, 0) is 0 Å². The third-order valence-corrected chi connectivity index (χ3v) is 3.95. The number of hydrogen-bond donors (Lipinski definition) is 2. The number of benzene rings is 1.